The Bertz CT molecular complexity index is 235. The molecule has 0 fully saturated rings. The third-order valence-electron chi connectivity index (χ3n) is 1.13. The summed E-state index contributed by atoms with van der Waals surface area (Å²) in [6, 6.07) is 0. The third-order valence-corrected chi connectivity index (χ3v) is 52.9. The van der Waals surface area contributed by atoms with Crippen LogP contribution in [0.4, 0.5) is 0 Å². The molecular weight excluding hydrogens is 388 g/mol. The predicted octanol–water partition coefficient (Wildman–Crippen LogP) is -0.844. The molecule has 0 aromatic heterocycles. The molecule has 2 rings (SSSR count). The molecule has 1 heterocycles. The van der Waals surface area contributed by atoms with Crippen molar-refractivity contribution in [3.05, 3.63) is 24.3 Å². The van der Waals surface area contributed by atoms with Crippen LogP contribution in [0.25, 0.3) is 0 Å². The van der Waals surface area contributed by atoms with Crippen molar-refractivity contribution in [2.24, 2.45) is 0 Å². The first-order valence-electron chi connectivity index (χ1n) is 2.75. The molecule has 0 N–H and O–H groups in total. The van der Waals surface area contributed by atoms with Crippen LogP contribution in [0.5, 0.6) is 0 Å². The van der Waals surface area contributed by atoms with Crippen molar-refractivity contribution in [2.75, 3.05) is 0 Å². The molecule has 3 radical (unpaired) electrons. The van der Waals surface area contributed by atoms with Gasteiger partial charge in [0.25, 0.3) is 0 Å². The van der Waals surface area contributed by atoms with Gasteiger partial charge in [0.2, 0.25) is 0 Å². The van der Waals surface area contributed by atoms with Gasteiger partial charge in [0, 0.05) is 0 Å². The minimum atomic E-state index is -0.269. The van der Waals surface area contributed by atoms with E-state index in [2.05, 4.69) is 28.1 Å². The van der Waals surface area contributed by atoms with Crippen LogP contribution in [0.2, 0.25) is 0 Å². The second kappa shape index (κ2) is 3.80. The minimum absolute atomic E-state index is 0.269. The van der Waals surface area contributed by atoms with Crippen molar-refractivity contribution in [1.82, 2.24) is 0 Å². The van der Waals surface area contributed by atoms with E-state index < -0.39 is 0 Å². The third kappa shape index (κ3) is 1.72. The summed E-state index contributed by atoms with van der Waals surface area (Å²) in [7, 11) is 2.16. The zero-order chi connectivity index (χ0) is 6.81. The molecule has 0 saturated carbocycles. The van der Waals surface area contributed by atoms with E-state index in [1.165, 1.54) is 0 Å². The van der Waals surface area contributed by atoms with E-state index in [1.54, 1.807) is 4.42 Å². The molecule has 0 nitrogen and oxygen atoms in total. The van der Waals surface area contributed by atoms with E-state index >= 15 is 0 Å². The molecule has 2 aliphatic rings. The SMILES string of the molecule is C1=CC(=[Se]2C=[Se][Se]=[Se]2)C=C1. The first-order chi connectivity index (χ1) is 4.97. The first kappa shape index (κ1) is 7.92. The fourth-order valence-electron chi connectivity index (χ4n) is 0.699. The van der Waals surface area contributed by atoms with Crippen molar-refractivity contribution in [3.63, 3.8) is 0 Å². The van der Waals surface area contributed by atoms with Gasteiger partial charge in [0.1, 0.15) is 0 Å². The molecule has 1 atom stereocenters. The fraction of sp³-hybridized carbons (Fsp3) is 0. The van der Waals surface area contributed by atoms with E-state index in [0.29, 0.717) is 0 Å². The molecule has 4 heteroatoms. The maximum atomic E-state index is 2.68. The summed E-state index contributed by atoms with van der Waals surface area (Å²) in [5.74, 6) is 0. The van der Waals surface area contributed by atoms with Gasteiger partial charge in [-0.2, -0.15) is 0 Å². The van der Waals surface area contributed by atoms with Crippen molar-refractivity contribution >= 4 is 54.1 Å². The second-order valence-corrected chi connectivity index (χ2v) is 31.9. The van der Waals surface area contributed by atoms with Gasteiger partial charge in [-0.15, -0.1) is 0 Å². The van der Waals surface area contributed by atoms with Gasteiger partial charge in [-0.1, -0.05) is 0 Å². The number of rotatable bonds is 0. The maximum absolute atomic E-state index is 2.68. The van der Waals surface area contributed by atoms with Crippen molar-refractivity contribution in [2.45, 2.75) is 0 Å². The zero-order valence-electron chi connectivity index (χ0n) is 5.02. The monoisotopic (exact) mass is 397 g/mol. The quantitative estimate of drug-likeness (QED) is 0.471. The van der Waals surface area contributed by atoms with E-state index in [9.17, 15) is 0 Å². The van der Waals surface area contributed by atoms with E-state index in [4.69, 9.17) is 0 Å². The Morgan fingerprint density at radius 1 is 1.20 bits per heavy atom. The van der Waals surface area contributed by atoms with Gasteiger partial charge in [-0.3, -0.25) is 0 Å². The molecule has 0 aromatic carbocycles. The molecule has 0 saturated heterocycles. The summed E-state index contributed by atoms with van der Waals surface area (Å²) in [6.45, 7) is 0. The average Bonchev–Trinajstić information content (AvgIpc) is 2.59. The number of hydrogen-bond acceptors (Lipinski definition) is 0. The molecule has 0 bridgehead atoms. The van der Waals surface area contributed by atoms with Crippen LogP contribution in [0.15, 0.2) is 24.3 Å². The summed E-state index contributed by atoms with van der Waals surface area (Å²) in [5, 5.41) is 0. The molecule has 0 aromatic rings. The second-order valence-electron chi connectivity index (χ2n) is 1.75. The topological polar surface area (TPSA) is 0 Å². The Morgan fingerprint density at radius 3 is 2.60 bits per heavy atom. The van der Waals surface area contributed by atoms with Crippen LogP contribution >= 0.6 is 0 Å². The number of hydrogen-bond donors (Lipinski definition) is 0. The summed E-state index contributed by atoms with van der Waals surface area (Å²) >= 11 is 0.713. The molecule has 10 heavy (non-hydrogen) atoms. The Labute approximate surface area is 77.6 Å². The van der Waals surface area contributed by atoms with Crippen LogP contribution in [0, 0.1) is 0 Å². The summed E-state index contributed by atoms with van der Waals surface area (Å²) in [5.41, 5.74) is 0. The van der Waals surface area contributed by atoms with Gasteiger partial charge in [-0.05, 0) is 0 Å². The molecule has 1 unspecified atom stereocenters. The van der Waals surface area contributed by atoms with Gasteiger partial charge >= 0.3 is 78.4 Å². The molecule has 0 amide bonds. The van der Waals surface area contributed by atoms with Crippen LogP contribution in [0.1, 0.15) is 0 Å². The van der Waals surface area contributed by atoms with Gasteiger partial charge < -0.3 is 0 Å². The zero-order valence-corrected chi connectivity index (χ0v) is 11.9. The van der Waals surface area contributed by atoms with Crippen molar-refractivity contribution < 1.29 is 0 Å². The summed E-state index contributed by atoms with van der Waals surface area (Å²) in [6.07, 6.45) is 9.00. The molecule has 53 valence electrons. The Morgan fingerprint density at radius 2 is 2.00 bits per heavy atom. The Kier molecular flexibility index (Phi) is 3.01. The van der Waals surface area contributed by atoms with E-state index in [0.717, 1.165) is 34.2 Å². The van der Waals surface area contributed by atoms with E-state index in [1.807, 2.05) is 0 Å². The van der Waals surface area contributed by atoms with E-state index in [-0.39, 0.29) is 11.6 Å². The standard InChI is InChI=1S/C6H5Se4/c1-2-4-6(3-1)10-5-7-8-9-10/h1-5H. The van der Waals surface area contributed by atoms with Crippen LogP contribution in [-0.2, 0) is 0 Å². The molecular formula is C6H5Se4. The van der Waals surface area contributed by atoms with Crippen molar-refractivity contribution in [1.29, 1.82) is 0 Å². The average molecular weight is 393 g/mol. The van der Waals surface area contributed by atoms with Gasteiger partial charge in [-0.25, -0.2) is 0 Å². The predicted molar refractivity (Wildman–Crippen MR) is 52.4 cm³/mol. The van der Waals surface area contributed by atoms with Crippen LogP contribution in [0.3, 0.4) is 0 Å². The van der Waals surface area contributed by atoms with Crippen molar-refractivity contribution in [3.8, 4) is 0 Å². The van der Waals surface area contributed by atoms with Gasteiger partial charge in [0.15, 0.2) is 0 Å². The summed E-state index contributed by atoms with van der Waals surface area (Å²) < 4.78 is 4.38. The molecule has 0 spiro atoms. The Balaban J connectivity index is 2.46. The normalized spacial score (nSPS) is 27.2. The molecule has 1 aliphatic heterocycles. The Hall–Kier alpha value is 1.30. The van der Waals surface area contributed by atoms with Crippen LogP contribution < -0.4 is 0 Å². The van der Waals surface area contributed by atoms with Crippen LogP contribution in [-0.4, -0.2) is 54.1 Å². The first-order valence-corrected chi connectivity index (χ1v) is 18.6. The van der Waals surface area contributed by atoms with Gasteiger partial charge in [0.05, 0.1) is 0 Å². The summed E-state index contributed by atoms with van der Waals surface area (Å²) in [4.78, 5) is 0. The number of allylic oxidation sites excluding steroid dienone is 4. The molecule has 1 aliphatic carbocycles. The fourth-order valence-corrected chi connectivity index (χ4v) is 80.9.